The van der Waals surface area contributed by atoms with Crippen molar-refractivity contribution in [1.29, 1.82) is 0 Å². The summed E-state index contributed by atoms with van der Waals surface area (Å²) in [6, 6.07) is 5.86. The molecule has 0 aliphatic heterocycles. The van der Waals surface area contributed by atoms with Crippen molar-refractivity contribution in [2.45, 2.75) is 26.8 Å². The van der Waals surface area contributed by atoms with Gasteiger partial charge in [-0.3, -0.25) is 9.59 Å². The molecule has 3 aromatic heterocycles. The minimum atomic E-state index is -0.169. The Morgan fingerprint density at radius 2 is 2.07 bits per heavy atom. The predicted molar refractivity (Wildman–Crippen MR) is 106 cm³/mol. The number of amides is 1. The second kappa shape index (κ2) is 6.66. The molecule has 1 N–H and O–H groups in total. The molecule has 3 heterocycles. The van der Waals surface area contributed by atoms with Crippen molar-refractivity contribution in [3.05, 3.63) is 62.7 Å². The van der Waals surface area contributed by atoms with Crippen LogP contribution >= 0.6 is 11.3 Å². The molecule has 4 rings (SSSR count). The fraction of sp³-hybridized carbons (Fsp3) is 0.250. The van der Waals surface area contributed by atoms with Crippen molar-refractivity contribution in [3.63, 3.8) is 0 Å². The van der Waals surface area contributed by atoms with Gasteiger partial charge < -0.3 is 14.3 Å². The van der Waals surface area contributed by atoms with Gasteiger partial charge in [0.05, 0.1) is 24.7 Å². The van der Waals surface area contributed by atoms with Gasteiger partial charge in [0.2, 0.25) is 5.91 Å². The molecule has 0 bridgehead atoms. The van der Waals surface area contributed by atoms with E-state index in [1.807, 2.05) is 31.4 Å². The Labute approximate surface area is 159 Å². The van der Waals surface area contributed by atoms with Crippen molar-refractivity contribution in [3.8, 4) is 0 Å². The normalized spacial score (nSPS) is 11.4. The fourth-order valence-corrected chi connectivity index (χ4v) is 3.81. The fourth-order valence-electron chi connectivity index (χ4n) is 3.08. The van der Waals surface area contributed by atoms with Crippen molar-refractivity contribution in [1.82, 2.24) is 14.9 Å². The number of aromatic nitrogens is 2. The second-order valence-corrected chi connectivity index (χ2v) is 7.68. The molecule has 0 unspecified atom stereocenters. The number of thiophene rings is 1. The highest BCUT2D eigenvalue weighted by atomic mass is 32.1. The maximum atomic E-state index is 12.7. The molecule has 1 aromatic carbocycles. The van der Waals surface area contributed by atoms with Crippen LogP contribution in [-0.2, 0) is 17.8 Å². The molecule has 0 spiro atoms. The quantitative estimate of drug-likeness (QED) is 0.586. The van der Waals surface area contributed by atoms with Crippen LogP contribution in [0.1, 0.15) is 22.5 Å². The SMILES string of the molecule is Cc1cc2occ(CC(=O)N(C)Cc3nc4ccsc4c(=O)[nH]3)c2cc1C. The van der Waals surface area contributed by atoms with E-state index in [0.717, 1.165) is 27.7 Å². The largest absolute Gasteiger partial charge is 0.464 e. The number of carbonyl (C=O) groups is 1. The minimum absolute atomic E-state index is 0.0657. The van der Waals surface area contributed by atoms with Crippen LogP contribution in [0.3, 0.4) is 0 Å². The molecule has 27 heavy (non-hydrogen) atoms. The van der Waals surface area contributed by atoms with E-state index in [1.165, 1.54) is 11.3 Å². The average Bonchev–Trinajstić information content (AvgIpc) is 3.23. The Morgan fingerprint density at radius 3 is 2.89 bits per heavy atom. The van der Waals surface area contributed by atoms with Gasteiger partial charge in [-0.05, 0) is 48.6 Å². The van der Waals surface area contributed by atoms with Crippen LogP contribution in [0.25, 0.3) is 21.2 Å². The Morgan fingerprint density at radius 1 is 1.30 bits per heavy atom. The number of nitrogens with one attached hydrogen (secondary N) is 1. The molecule has 0 aliphatic carbocycles. The maximum Gasteiger partial charge on any atom is 0.268 e. The van der Waals surface area contributed by atoms with E-state index in [1.54, 1.807) is 18.2 Å². The number of H-pyrrole nitrogens is 1. The van der Waals surface area contributed by atoms with E-state index in [2.05, 4.69) is 16.0 Å². The topological polar surface area (TPSA) is 79.2 Å². The number of hydrogen-bond acceptors (Lipinski definition) is 5. The summed E-state index contributed by atoms with van der Waals surface area (Å²) in [5.41, 5.74) is 4.46. The first-order valence-electron chi connectivity index (χ1n) is 8.60. The van der Waals surface area contributed by atoms with Crippen molar-refractivity contribution < 1.29 is 9.21 Å². The third-order valence-electron chi connectivity index (χ3n) is 4.79. The van der Waals surface area contributed by atoms with Crippen LogP contribution in [0.2, 0.25) is 0 Å². The van der Waals surface area contributed by atoms with E-state index >= 15 is 0 Å². The van der Waals surface area contributed by atoms with Crippen molar-refractivity contribution in [2.24, 2.45) is 0 Å². The summed E-state index contributed by atoms with van der Waals surface area (Å²) in [5, 5.41) is 2.80. The standard InChI is InChI=1S/C20H19N3O3S/c1-11-6-14-13(10-26-16(14)7-12(11)2)8-18(24)23(3)9-17-21-15-4-5-27-19(15)20(25)22-17/h4-7,10H,8-9H2,1-3H3,(H,21,22,25). The van der Waals surface area contributed by atoms with E-state index in [9.17, 15) is 9.59 Å². The number of carbonyl (C=O) groups excluding carboxylic acids is 1. The first kappa shape index (κ1) is 17.5. The van der Waals surface area contributed by atoms with Crippen molar-refractivity contribution >= 4 is 38.4 Å². The summed E-state index contributed by atoms with van der Waals surface area (Å²) in [6.07, 6.45) is 1.88. The summed E-state index contributed by atoms with van der Waals surface area (Å²) >= 11 is 1.36. The summed E-state index contributed by atoms with van der Waals surface area (Å²) in [4.78, 5) is 33.5. The lowest BCUT2D eigenvalue weighted by Crippen LogP contribution is -2.29. The molecule has 6 nitrogen and oxygen atoms in total. The Kier molecular flexibility index (Phi) is 4.31. The van der Waals surface area contributed by atoms with Gasteiger partial charge >= 0.3 is 0 Å². The summed E-state index contributed by atoms with van der Waals surface area (Å²) in [5.74, 6) is 0.411. The molecule has 0 saturated heterocycles. The number of aryl methyl sites for hydroxylation is 2. The molecule has 138 valence electrons. The van der Waals surface area contributed by atoms with Crippen LogP contribution in [0.15, 0.2) is 39.1 Å². The number of hydrogen-bond donors (Lipinski definition) is 1. The van der Waals surface area contributed by atoms with Gasteiger partial charge in [-0.15, -0.1) is 11.3 Å². The number of fused-ring (bicyclic) bond motifs is 2. The predicted octanol–water partition coefficient (Wildman–Crippen LogP) is 3.55. The highest BCUT2D eigenvalue weighted by Crippen LogP contribution is 2.25. The van der Waals surface area contributed by atoms with Gasteiger partial charge in [0.25, 0.3) is 5.56 Å². The molecular weight excluding hydrogens is 362 g/mol. The second-order valence-electron chi connectivity index (χ2n) is 6.77. The molecule has 1 amide bonds. The Hall–Kier alpha value is -2.93. The van der Waals surface area contributed by atoms with Crippen LogP contribution < -0.4 is 5.56 Å². The zero-order chi connectivity index (χ0) is 19.1. The number of aromatic amines is 1. The molecule has 0 saturated carbocycles. The van der Waals surface area contributed by atoms with Gasteiger partial charge in [-0.25, -0.2) is 4.98 Å². The number of furan rings is 1. The average molecular weight is 381 g/mol. The molecule has 0 atom stereocenters. The van der Waals surface area contributed by atoms with Gasteiger partial charge in [0.15, 0.2) is 0 Å². The van der Waals surface area contributed by atoms with Gasteiger partial charge in [-0.2, -0.15) is 0 Å². The summed E-state index contributed by atoms with van der Waals surface area (Å²) in [6.45, 7) is 4.32. The first-order valence-corrected chi connectivity index (χ1v) is 9.48. The van der Waals surface area contributed by atoms with E-state index in [-0.39, 0.29) is 24.4 Å². The maximum absolute atomic E-state index is 12.7. The highest BCUT2D eigenvalue weighted by Gasteiger charge is 2.16. The van der Waals surface area contributed by atoms with E-state index < -0.39 is 0 Å². The van der Waals surface area contributed by atoms with Gasteiger partial charge in [0.1, 0.15) is 16.1 Å². The van der Waals surface area contributed by atoms with Gasteiger partial charge in [-0.1, -0.05) is 0 Å². The smallest absolute Gasteiger partial charge is 0.268 e. The lowest BCUT2D eigenvalue weighted by atomic mass is 10.0. The summed E-state index contributed by atoms with van der Waals surface area (Å²) in [7, 11) is 1.71. The lowest BCUT2D eigenvalue weighted by Gasteiger charge is -2.16. The third kappa shape index (κ3) is 3.26. The highest BCUT2D eigenvalue weighted by molar-refractivity contribution is 7.17. The monoisotopic (exact) mass is 381 g/mol. The number of likely N-dealkylation sites (N-methyl/N-ethyl adjacent to an activating group) is 1. The van der Waals surface area contributed by atoms with Crippen LogP contribution in [0.5, 0.6) is 0 Å². The minimum Gasteiger partial charge on any atom is -0.464 e. The van der Waals surface area contributed by atoms with E-state index in [4.69, 9.17) is 4.42 Å². The number of benzene rings is 1. The Bertz CT molecular complexity index is 1220. The summed E-state index contributed by atoms with van der Waals surface area (Å²) < 4.78 is 6.21. The van der Waals surface area contributed by atoms with E-state index in [0.29, 0.717) is 16.0 Å². The third-order valence-corrected chi connectivity index (χ3v) is 5.69. The number of rotatable bonds is 4. The zero-order valence-corrected chi connectivity index (χ0v) is 16.1. The van der Waals surface area contributed by atoms with Gasteiger partial charge in [0, 0.05) is 18.0 Å². The molecular formula is C20H19N3O3S. The van der Waals surface area contributed by atoms with Crippen LogP contribution in [-0.4, -0.2) is 27.8 Å². The number of nitrogens with zero attached hydrogens (tertiary/aromatic N) is 2. The van der Waals surface area contributed by atoms with Crippen LogP contribution in [0.4, 0.5) is 0 Å². The Balaban J connectivity index is 1.54. The molecule has 0 fully saturated rings. The van der Waals surface area contributed by atoms with Crippen molar-refractivity contribution in [2.75, 3.05) is 7.05 Å². The van der Waals surface area contributed by atoms with Crippen LogP contribution in [0, 0.1) is 13.8 Å². The molecule has 0 radical (unpaired) electrons. The first-order chi connectivity index (χ1) is 12.9. The molecule has 0 aliphatic rings. The zero-order valence-electron chi connectivity index (χ0n) is 15.3. The molecule has 4 aromatic rings. The lowest BCUT2D eigenvalue weighted by molar-refractivity contribution is -0.129. The molecule has 7 heteroatoms.